The third-order valence-corrected chi connectivity index (χ3v) is 2.98. The third kappa shape index (κ3) is 4.24. The average Bonchev–Trinajstić information content (AvgIpc) is 2.47. The highest BCUT2D eigenvalue weighted by atomic mass is 16.5. The molecule has 0 bridgehead atoms. The first kappa shape index (κ1) is 14.9. The molecule has 2 N–H and O–H groups in total. The second-order valence-electron chi connectivity index (χ2n) is 4.62. The molecule has 2 aromatic rings. The number of ether oxygens (including phenoxy) is 1. The first-order valence-electron chi connectivity index (χ1n) is 7.02. The third-order valence-electron chi connectivity index (χ3n) is 2.98. The summed E-state index contributed by atoms with van der Waals surface area (Å²) in [7, 11) is 0. The summed E-state index contributed by atoms with van der Waals surface area (Å²) in [6.07, 6.45) is 0. The lowest BCUT2D eigenvalue weighted by molar-refractivity contribution is -0.114. The molecule has 0 radical (unpaired) electrons. The van der Waals surface area contributed by atoms with Crippen molar-refractivity contribution in [3.05, 3.63) is 54.1 Å². The van der Waals surface area contributed by atoms with E-state index in [9.17, 15) is 4.79 Å². The van der Waals surface area contributed by atoms with Crippen LogP contribution in [-0.2, 0) is 11.3 Å². The molecule has 0 aromatic heterocycles. The highest BCUT2D eigenvalue weighted by Gasteiger charge is 2.05. The monoisotopic (exact) mass is 284 g/mol. The van der Waals surface area contributed by atoms with Gasteiger partial charge in [0, 0.05) is 19.2 Å². The van der Waals surface area contributed by atoms with Crippen LogP contribution in [0.4, 0.5) is 11.4 Å². The second-order valence-corrected chi connectivity index (χ2v) is 4.62. The summed E-state index contributed by atoms with van der Waals surface area (Å²) < 4.78 is 5.59. The molecule has 2 aromatic carbocycles. The topological polar surface area (TPSA) is 50.4 Å². The van der Waals surface area contributed by atoms with Crippen molar-refractivity contribution in [1.29, 1.82) is 0 Å². The van der Waals surface area contributed by atoms with Gasteiger partial charge in [0.2, 0.25) is 5.91 Å². The van der Waals surface area contributed by atoms with Crippen LogP contribution in [0.25, 0.3) is 0 Å². The molecule has 0 aliphatic heterocycles. The smallest absolute Gasteiger partial charge is 0.221 e. The highest BCUT2D eigenvalue weighted by Crippen LogP contribution is 2.25. The Balaban J connectivity index is 2.11. The molecule has 0 saturated carbocycles. The molecule has 0 atom stereocenters. The minimum Gasteiger partial charge on any atom is -0.492 e. The van der Waals surface area contributed by atoms with Crippen molar-refractivity contribution in [2.24, 2.45) is 0 Å². The van der Waals surface area contributed by atoms with Gasteiger partial charge in [-0.2, -0.15) is 0 Å². The molecule has 0 heterocycles. The fraction of sp³-hybridized carbons (Fsp3) is 0.235. The molecule has 4 heteroatoms. The predicted molar refractivity (Wildman–Crippen MR) is 85.7 cm³/mol. The van der Waals surface area contributed by atoms with Gasteiger partial charge in [-0.05, 0) is 30.7 Å². The Morgan fingerprint density at radius 3 is 2.43 bits per heavy atom. The summed E-state index contributed by atoms with van der Waals surface area (Å²) in [6, 6.07) is 15.6. The number of hydrogen-bond donors (Lipinski definition) is 2. The van der Waals surface area contributed by atoms with Crippen molar-refractivity contribution in [2.45, 2.75) is 20.4 Å². The molecule has 0 fully saturated rings. The Morgan fingerprint density at radius 2 is 1.71 bits per heavy atom. The molecule has 4 nitrogen and oxygen atoms in total. The molecule has 0 aliphatic carbocycles. The number of carbonyl (C=O) groups is 1. The van der Waals surface area contributed by atoms with Crippen molar-refractivity contribution >= 4 is 17.3 Å². The summed E-state index contributed by atoms with van der Waals surface area (Å²) in [5, 5.41) is 6.19. The standard InChI is InChI=1S/C17H20N2O2/c1-3-21-17-11-7-6-10-16(17)18-12-14-8-4-5-9-15(14)19-13(2)20/h4-11,18H,3,12H2,1-2H3,(H,19,20). The van der Waals surface area contributed by atoms with E-state index in [1.165, 1.54) is 6.92 Å². The van der Waals surface area contributed by atoms with Crippen LogP contribution < -0.4 is 15.4 Å². The second kappa shape index (κ2) is 7.33. The first-order valence-corrected chi connectivity index (χ1v) is 7.02. The van der Waals surface area contributed by atoms with Gasteiger partial charge >= 0.3 is 0 Å². The maximum atomic E-state index is 11.2. The Hall–Kier alpha value is -2.49. The number of rotatable bonds is 6. The van der Waals surface area contributed by atoms with Crippen LogP contribution in [0.1, 0.15) is 19.4 Å². The van der Waals surface area contributed by atoms with E-state index in [1.54, 1.807) is 0 Å². The lowest BCUT2D eigenvalue weighted by Gasteiger charge is -2.14. The summed E-state index contributed by atoms with van der Waals surface area (Å²) >= 11 is 0. The van der Waals surface area contributed by atoms with Gasteiger partial charge in [0.05, 0.1) is 12.3 Å². The van der Waals surface area contributed by atoms with Crippen molar-refractivity contribution in [2.75, 3.05) is 17.2 Å². The van der Waals surface area contributed by atoms with Crippen molar-refractivity contribution in [1.82, 2.24) is 0 Å². The van der Waals surface area contributed by atoms with Gasteiger partial charge in [0.15, 0.2) is 0 Å². The summed E-state index contributed by atoms with van der Waals surface area (Å²) in [4.78, 5) is 11.2. The normalized spacial score (nSPS) is 10.0. The van der Waals surface area contributed by atoms with Crippen molar-refractivity contribution < 1.29 is 9.53 Å². The van der Waals surface area contributed by atoms with Crippen molar-refractivity contribution in [3.63, 3.8) is 0 Å². The molecule has 21 heavy (non-hydrogen) atoms. The Bertz CT molecular complexity index is 611. The van der Waals surface area contributed by atoms with E-state index in [4.69, 9.17) is 4.74 Å². The van der Waals surface area contributed by atoms with E-state index < -0.39 is 0 Å². The minimum atomic E-state index is -0.0721. The van der Waals surface area contributed by atoms with Gasteiger partial charge in [0.1, 0.15) is 5.75 Å². The van der Waals surface area contributed by atoms with Gasteiger partial charge in [-0.15, -0.1) is 0 Å². The maximum Gasteiger partial charge on any atom is 0.221 e. The Labute approximate surface area is 125 Å². The van der Waals surface area contributed by atoms with E-state index in [0.717, 1.165) is 22.7 Å². The van der Waals surface area contributed by atoms with Gasteiger partial charge in [0.25, 0.3) is 0 Å². The zero-order valence-corrected chi connectivity index (χ0v) is 12.3. The molecule has 110 valence electrons. The fourth-order valence-electron chi connectivity index (χ4n) is 2.07. The molecular formula is C17H20N2O2. The van der Waals surface area contributed by atoms with E-state index in [1.807, 2.05) is 55.5 Å². The zero-order chi connectivity index (χ0) is 15.1. The lowest BCUT2D eigenvalue weighted by atomic mass is 10.1. The zero-order valence-electron chi connectivity index (χ0n) is 12.3. The fourth-order valence-corrected chi connectivity index (χ4v) is 2.07. The lowest BCUT2D eigenvalue weighted by Crippen LogP contribution is -2.10. The van der Waals surface area contributed by atoms with Gasteiger partial charge < -0.3 is 15.4 Å². The predicted octanol–water partition coefficient (Wildman–Crippen LogP) is 3.66. The number of carbonyl (C=O) groups excluding carboxylic acids is 1. The molecule has 0 aliphatic rings. The largest absolute Gasteiger partial charge is 0.492 e. The highest BCUT2D eigenvalue weighted by molar-refractivity contribution is 5.89. The van der Waals surface area contributed by atoms with Gasteiger partial charge in [-0.1, -0.05) is 30.3 Å². The molecule has 0 spiro atoms. The van der Waals surface area contributed by atoms with E-state index in [2.05, 4.69) is 10.6 Å². The van der Waals surface area contributed by atoms with Crippen LogP contribution in [0.5, 0.6) is 5.75 Å². The van der Waals surface area contributed by atoms with Crippen molar-refractivity contribution in [3.8, 4) is 5.75 Å². The van der Waals surface area contributed by atoms with Crippen LogP contribution >= 0.6 is 0 Å². The maximum absolute atomic E-state index is 11.2. The number of amides is 1. The molecule has 0 unspecified atom stereocenters. The number of benzene rings is 2. The SMILES string of the molecule is CCOc1ccccc1NCc1ccccc1NC(C)=O. The molecular weight excluding hydrogens is 264 g/mol. The minimum absolute atomic E-state index is 0.0721. The summed E-state index contributed by atoms with van der Waals surface area (Å²) in [6.45, 7) is 4.71. The van der Waals surface area contributed by atoms with Crippen LogP contribution in [-0.4, -0.2) is 12.5 Å². The van der Waals surface area contributed by atoms with Crippen LogP contribution in [0.2, 0.25) is 0 Å². The molecule has 1 amide bonds. The van der Waals surface area contributed by atoms with E-state index in [-0.39, 0.29) is 5.91 Å². The molecule has 2 rings (SSSR count). The van der Waals surface area contributed by atoms with Crippen LogP contribution in [0.15, 0.2) is 48.5 Å². The van der Waals surface area contributed by atoms with Crippen LogP contribution in [0, 0.1) is 0 Å². The number of hydrogen-bond acceptors (Lipinski definition) is 3. The number of anilines is 2. The summed E-state index contributed by atoms with van der Waals surface area (Å²) in [5.41, 5.74) is 2.79. The number of nitrogens with one attached hydrogen (secondary N) is 2. The quantitative estimate of drug-likeness (QED) is 0.851. The van der Waals surface area contributed by atoms with Gasteiger partial charge in [-0.25, -0.2) is 0 Å². The van der Waals surface area contributed by atoms with E-state index in [0.29, 0.717) is 13.2 Å². The van der Waals surface area contributed by atoms with Crippen LogP contribution in [0.3, 0.4) is 0 Å². The Kier molecular flexibility index (Phi) is 5.21. The Morgan fingerprint density at radius 1 is 1.05 bits per heavy atom. The number of para-hydroxylation sites is 3. The molecule has 0 saturated heterocycles. The summed E-state index contributed by atoms with van der Waals surface area (Å²) in [5.74, 6) is 0.758. The van der Waals surface area contributed by atoms with E-state index >= 15 is 0 Å². The first-order chi connectivity index (χ1) is 10.2. The average molecular weight is 284 g/mol. The van der Waals surface area contributed by atoms with Gasteiger partial charge in [-0.3, -0.25) is 4.79 Å².